The van der Waals surface area contributed by atoms with Crippen LogP contribution in [0, 0.1) is 5.92 Å². The number of hydrogen-bond donors (Lipinski definition) is 1. The van der Waals surface area contributed by atoms with Crippen molar-refractivity contribution >= 4 is 12.4 Å². The lowest BCUT2D eigenvalue weighted by molar-refractivity contribution is -0.112. The Hall–Kier alpha value is -1.06. The Morgan fingerprint density at radius 1 is 1.31 bits per heavy atom. The molecule has 0 aromatic heterocycles. The highest BCUT2D eigenvalue weighted by atomic mass is 16.6. The average Bonchev–Trinajstić information content (AvgIpc) is 2.15. The Morgan fingerprint density at radius 3 is 2.50 bits per heavy atom. The molecule has 16 heavy (non-hydrogen) atoms. The molecule has 1 rings (SSSR count). The quantitative estimate of drug-likeness (QED) is 0.736. The van der Waals surface area contributed by atoms with Crippen LogP contribution in [0.25, 0.3) is 0 Å². The van der Waals surface area contributed by atoms with Gasteiger partial charge in [0.25, 0.3) is 0 Å². The monoisotopic (exact) mass is 227 g/mol. The molecule has 1 fully saturated rings. The van der Waals surface area contributed by atoms with E-state index in [1.165, 1.54) is 0 Å². The van der Waals surface area contributed by atoms with E-state index < -0.39 is 11.7 Å². The minimum absolute atomic E-state index is 0.0544. The average molecular weight is 227 g/mol. The van der Waals surface area contributed by atoms with Crippen molar-refractivity contribution in [1.29, 1.82) is 0 Å². The standard InChI is InChI=1S/C12H21NO3/c1-12(2,3)16-11(15)13-10-7-5-4-6-9(10)8-14/h8-10H,4-7H2,1-3H3,(H,13,15)/t9-,10?/m0/s1. The molecule has 4 nitrogen and oxygen atoms in total. The van der Waals surface area contributed by atoms with Gasteiger partial charge in [0.1, 0.15) is 11.9 Å². The van der Waals surface area contributed by atoms with Gasteiger partial charge in [-0.15, -0.1) is 0 Å². The number of amides is 1. The van der Waals surface area contributed by atoms with Crippen molar-refractivity contribution in [2.45, 2.75) is 58.1 Å². The van der Waals surface area contributed by atoms with Crippen LogP contribution in [-0.2, 0) is 9.53 Å². The first-order chi connectivity index (χ1) is 7.42. The van der Waals surface area contributed by atoms with Crippen molar-refractivity contribution < 1.29 is 14.3 Å². The first-order valence-electron chi connectivity index (χ1n) is 5.87. The van der Waals surface area contributed by atoms with Crippen molar-refractivity contribution in [3.8, 4) is 0 Å². The number of nitrogens with one attached hydrogen (secondary N) is 1. The normalized spacial score (nSPS) is 25.9. The fraction of sp³-hybridized carbons (Fsp3) is 0.833. The van der Waals surface area contributed by atoms with Gasteiger partial charge < -0.3 is 14.8 Å². The van der Waals surface area contributed by atoms with Gasteiger partial charge in [-0.3, -0.25) is 0 Å². The first-order valence-corrected chi connectivity index (χ1v) is 5.87. The Morgan fingerprint density at radius 2 is 1.94 bits per heavy atom. The molecule has 0 heterocycles. The second-order valence-electron chi connectivity index (χ2n) is 5.34. The topological polar surface area (TPSA) is 55.4 Å². The predicted molar refractivity (Wildman–Crippen MR) is 61.2 cm³/mol. The molecule has 1 saturated carbocycles. The van der Waals surface area contributed by atoms with Gasteiger partial charge in [0, 0.05) is 12.0 Å². The Balaban J connectivity index is 2.45. The highest BCUT2D eigenvalue weighted by Gasteiger charge is 2.27. The summed E-state index contributed by atoms with van der Waals surface area (Å²) in [7, 11) is 0. The van der Waals surface area contributed by atoms with Crippen LogP contribution in [0.5, 0.6) is 0 Å². The van der Waals surface area contributed by atoms with Crippen LogP contribution in [0.3, 0.4) is 0 Å². The summed E-state index contributed by atoms with van der Waals surface area (Å²) in [6.45, 7) is 5.47. The maximum absolute atomic E-state index is 11.5. The second kappa shape index (κ2) is 5.32. The van der Waals surface area contributed by atoms with Crippen molar-refractivity contribution in [2.24, 2.45) is 5.92 Å². The van der Waals surface area contributed by atoms with Gasteiger partial charge in [-0.1, -0.05) is 12.8 Å². The summed E-state index contributed by atoms with van der Waals surface area (Å²) in [4.78, 5) is 22.4. The number of carbonyl (C=O) groups is 2. The highest BCUT2D eigenvalue weighted by Crippen LogP contribution is 2.23. The molecule has 2 atom stereocenters. The Kier molecular flexibility index (Phi) is 4.33. The zero-order valence-electron chi connectivity index (χ0n) is 10.3. The molecule has 0 aromatic rings. The molecule has 0 saturated heterocycles. The van der Waals surface area contributed by atoms with Crippen molar-refractivity contribution in [3.05, 3.63) is 0 Å². The van der Waals surface area contributed by atoms with Gasteiger partial charge in [0.15, 0.2) is 0 Å². The lowest BCUT2D eigenvalue weighted by atomic mass is 9.86. The SMILES string of the molecule is CC(C)(C)OC(=O)NC1CCCC[C@H]1C=O. The molecule has 0 bridgehead atoms. The molecule has 0 aliphatic heterocycles. The summed E-state index contributed by atoms with van der Waals surface area (Å²) < 4.78 is 5.17. The van der Waals surface area contributed by atoms with E-state index in [-0.39, 0.29) is 12.0 Å². The summed E-state index contributed by atoms with van der Waals surface area (Å²) in [6.07, 6.45) is 4.38. The lowest BCUT2D eigenvalue weighted by Gasteiger charge is -2.29. The summed E-state index contributed by atoms with van der Waals surface area (Å²) in [6, 6.07) is -0.0545. The van der Waals surface area contributed by atoms with Crippen molar-refractivity contribution in [1.82, 2.24) is 5.32 Å². The van der Waals surface area contributed by atoms with Crippen LogP contribution in [0.4, 0.5) is 4.79 Å². The molecule has 0 radical (unpaired) electrons. The first kappa shape index (κ1) is 13.0. The van der Waals surface area contributed by atoms with Crippen molar-refractivity contribution in [2.75, 3.05) is 0 Å². The van der Waals surface area contributed by atoms with Crippen LogP contribution in [0.2, 0.25) is 0 Å². The minimum Gasteiger partial charge on any atom is -0.444 e. The molecule has 4 heteroatoms. The van der Waals surface area contributed by atoms with Gasteiger partial charge in [-0.2, -0.15) is 0 Å². The number of aldehydes is 1. The van der Waals surface area contributed by atoms with Crippen LogP contribution in [-0.4, -0.2) is 24.0 Å². The van der Waals surface area contributed by atoms with Gasteiger partial charge in [-0.25, -0.2) is 4.79 Å². The van der Waals surface area contributed by atoms with Gasteiger partial charge in [0.05, 0.1) is 0 Å². The number of hydrogen-bond acceptors (Lipinski definition) is 3. The minimum atomic E-state index is -0.491. The number of alkyl carbamates (subject to hydrolysis) is 1. The van der Waals surface area contributed by atoms with E-state index >= 15 is 0 Å². The van der Waals surface area contributed by atoms with Crippen LogP contribution < -0.4 is 5.32 Å². The van der Waals surface area contributed by atoms with E-state index in [9.17, 15) is 9.59 Å². The lowest BCUT2D eigenvalue weighted by Crippen LogP contribution is -2.44. The third-order valence-corrected chi connectivity index (χ3v) is 2.70. The maximum atomic E-state index is 11.5. The molecule has 1 aliphatic rings. The molecule has 1 N–H and O–H groups in total. The smallest absolute Gasteiger partial charge is 0.407 e. The third kappa shape index (κ3) is 4.21. The third-order valence-electron chi connectivity index (χ3n) is 2.70. The summed E-state index contributed by atoms with van der Waals surface area (Å²) >= 11 is 0. The van der Waals surface area contributed by atoms with Crippen molar-refractivity contribution in [3.63, 3.8) is 0 Å². The fourth-order valence-corrected chi connectivity index (χ4v) is 1.96. The highest BCUT2D eigenvalue weighted by molar-refractivity contribution is 5.69. The van der Waals surface area contributed by atoms with E-state index in [1.54, 1.807) is 0 Å². The zero-order chi connectivity index (χ0) is 12.2. The molecule has 1 amide bonds. The molecule has 1 unspecified atom stereocenters. The molecule has 0 spiro atoms. The Labute approximate surface area is 96.7 Å². The van der Waals surface area contributed by atoms with Gasteiger partial charge >= 0.3 is 6.09 Å². The maximum Gasteiger partial charge on any atom is 0.407 e. The largest absolute Gasteiger partial charge is 0.444 e. The van der Waals surface area contributed by atoms with E-state index in [2.05, 4.69) is 5.32 Å². The summed E-state index contributed by atoms with van der Waals surface area (Å²) in [5.74, 6) is -0.0544. The summed E-state index contributed by atoms with van der Waals surface area (Å²) in [5.41, 5.74) is -0.491. The zero-order valence-corrected chi connectivity index (χ0v) is 10.3. The second-order valence-corrected chi connectivity index (χ2v) is 5.34. The molecular formula is C12H21NO3. The molecule has 92 valence electrons. The summed E-state index contributed by atoms with van der Waals surface area (Å²) in [5, 5.41) is 2.78. The van der Waals surface area contributed by atoms with Crippen LogP contribution in [0.1, 0.15) is 46.5 Å². The number of carbonyl (C=O) groups excluding carboxylic acids is 2. The van der Waals surface area contributed by atoms with E-state index in [0.29, 0.717) is 0 Å². The van der Waals surface area contributed by atoms with Crippen LogP contribution >= 0.6 is 0 Å². The van der Waals surface area contributed by atoms with E-state index in [4.69, 9.17) is 4.74 Å². The fourth-order valence-electron chi connectivity index (χ4n) is 1.96. The molecule has 0 aromatic carbocycles. The van der Waals surface area contributed by atoms with E-state index in [0.717, 1.165) is 32.0 Å². The molecule has 1 aliphatic carbocycles. The van der Waals surface area contributed by atoms with E-state index in [1.807, 2.05) is 20.8 Å². The van der Waals surface area contributed by atoms with Gasteiger partial charge in [0.2, 0.25) is 0 Å². The Bertz CT molecular complexity index is 257. The number of ether oxygens (including phenoxy) is 1. The van der Waals surface area contributed by atoms with Gasteiger partial charge in [-0.05, 0) is 33.6 Å². The number of rotatable bonds is 2. The predicted octanol–water partition coefficient (Wildman–Crippen LogP) is 2.27. The van der Waals surface area contributed by atoms with Crippen LogP contribution in [0.15, 0.2) is 0 Å². The molecular weight excluding hydrogens is 206 g/mol.